The van der Waals surface area contributed by atoms with Crippen molar-refractivity contribution in [2.75, 3.05) is 0 Å². The molecule has 0 aliphatic heterocycles. The molecule has 3 aromatic carbocycles. The van der Waals surface area contributed by atoms with E-state index in [1.165, 1.54) is 47.6 Å². The van der Waals surface area contributed by atoms with Crippen LogP contribution in [0.4, 0.5) is 0 Å². The van der Waals surface area contributed by atoms with Gasteiger partial charge in [-0.25, -0.2) is 9.97 Å². The van der Waals surface area contributed by atoms with Gasteiger partial charge in [0.05, 0.1) is 11.2 Å². The minimum atomic E-state index is 0.708. The maximum Gasteiger partial charge on any atom is 0.116 e. The van der Waals surface area contributed by atoms with Gasteiger partial charge in [0.1, 0.15) is 6.33 Å². The first-order valence-corrected chi connectivity index (χ1v) is 9.97. The van der Waals surface area contributed by atoms with Crippen molar-refractivity contribution in [3.05, 3.63) is 71.5 Å². The third-order valence-electron chi connectivity index (χ3n) is 6.23. The molecule has 1 aliphatic rings. The number of aromatic nitrogens is 2. The maximum atomic E-state index is 4.74. The first-order chi connectivity index (χ1) is 13.2. The summed E-state index contributed by atoms with van der Waals surface area (Å²) in [6.45, 7) is 4.58. The summed E-state index contributed by atoms with van der Waals surface area (Å²) >= 11 is 0. The van der Waals surface area contributed by atoms with Gasteiger partial charge in [0.2, 0.25) is 0 Å². The Bertz CT molecular complexity index is 1140. The van der Waals surface area contributed by atoms with Crippen LogP contribution in [0.5, 0.6) is 0 Å². The number of nitrogens with zero attached hydrogens (tertiary/aromatic N) is 2. The lowest BCUT2D eigenvalue weighted by Gasteiger charge is -2.20. The molecule has 1 aromatic heterocycles. The Morgan fingerprint density at radius 2 is 1.67 bits per heavy atom. The van der Waals surface area contributed by atoms with Crippen LogP contribution in [0.2, 0.25) is 0 Å². The molecule has 1 heterocycles. The van der Waals surface area contributed by atoms with Gasteiger partial charge in [0, 0.05) is 16.3 Å². The summed E-state index contributed by atoms with van der Waals surface area (Å²) in [5.74, 6) is 0.708. The highest BCUT2D eigenvalue weighted by Crippen LogP contribution is 2.41. The molecule has 0 bridgehead atoms. The van der Waals surface area contributed by atoms with Crippen molar-refractivity contribution in [3.8, 4) is 11.3 Å². The van der Waals surface area contributed by atoms with Crippen molar-refractivity contribution in [3.63, 3.8) is 0 Å². The van der Waals surface area contributed by atoms with Gasteiger partial charge in [-0.05, 0) is 60.7 Å². The lowest BCUT2D eigenvalue weighted by atomic mass is 9.85. The third kappa shape index (κ3) is 2.63. The zero-order valence-electron chi connectivity index (χ0n) is 16.0. The van der Waals surface area contributed by atoms with Crippen LogP contribution < -0.4 is 0 Å². The quantitative estimate of drug-likeness (QED) is 0.374. The largest absolute Gasteiger partial charge is 0.236 e. The zero-order valence-corrected chi connectivity index (χ0v) is 16.0. The highest BCUT2D eigenvalue weighted by atomic mass is 14.8. The number of hydrogen-bond donors (Lipinski definition) is 0. The summed E-state index contributed by atoms with van der Waals surface area (Å²) in [5, 5.41) is 3.73. The fourth-order valence-corrected chi connectivity index (χ4v) is 5.07. The molecule has 2 nitrogen and oxygen atoms in total. The molecule has 2 heteroatoms. The number of benzene rings is 3. The number of hydrogen-bond acceptors (Lipinski definition) is 2. The smallest absolute Gasteiger partial charge is 0.116 e. The second-order valence-electron chi connectivity index (χ2n) is 7.86. The van der Waals surface area contributed by atoms with E-state index in [9.17, 15) is 0 Å². The van der Waals surface area contributed by atoms with Gasteiger partial charge in [-0.3, -0.25) is 0 Å². The van der Waals surface area contributed by atoms with Gasteiger partial charge >= 0.3 is 0 Å². The van der Waals surface area contributed by atoms with E-state index in [1.54, 1.807) is 11.9 Å². The minimum absolute atomic E-state index is 0.708. The van der Waals surface area contributed by atoms with E-state index in [0.29, 0.717) is 5.92 Å². The Balaban J connectivity index is 1.83. The summed E-state index contributed by atoms with van der Waals surface area (Å²) in [6, 6.07) is 17.2. The fourth-order valence-electron chi connectivity index (χ4n) is 5.07. The molecule has 1 aliphatic carbocycles. The fraction of sp³-hybridized carbons (Fsp3) is 0.280. The third-order valence-corrected chi connectivity index (χ3v) is 6.23. The average molecular weight is 352 g/mol. The molecule has 0 N–H and O–H groups in total. The van der Waals surface area contributed by atoms with Crippen LogP contribution in [0.25, 0.3) is 32.9 Å². The van der Waals surface area contributed by atoms with E-state index in [-0.39, 0.29) is 0 Å². The molecule has 0 saturated heterocycles. The lowest BCUT2D eigenvalue weighted by molar-refractivity contribution is 0.714. The minimum Gasteiger partial charge on any atom is -0.236 e. The molecule has 0 unspecified atom stereocenters. The predicted octanol–water partition coefficient (Wildman–Crippen LogP) is 6.72. The van der Waals surface area contributed by atoms with Crippen LogP contribution in [0.3, 0.4) is 0 Å². The molecule has 27 heavy (non-hydrogen) atoms. The zero-order chi connectivity index (χ0) is 18.4. The summed E-state index contributed by atoms with van der Waals surface area (Å²) in [6.07, 6.45) is 7.08. The number of aryl methyl sites for hydroxylation is 2. The monoisotopic (exact) mass is 352 g/mol. The molecule has 0 spiro atoms. The molecule has 1 saturated carbocycles. The van der Waals surface area contributed by atoms with E-state index in [4.69, 9.17) is 4.98 Å². The second kappa shape index (κ2) is 6.45. The van der Waals surface area contributed by atoms with E-state index in [0.717, 1.165) is 22.2 Å². The van der Waals surface area contributed by atoms with Crippen molar-refractivity contribution in [2.45, 2.75) is 45.4 Å². The standard InChI is InChI=1S/C25H24N2/c1-16-14-20-12-13-21-24(19-10-4-3-5-11-19)26-15-27-25(21)23(20)17(2)22(16)18-8-6-7-9-18/h3-5,10-15,18H,6-9H2,1-2H3. The predicted molar refractivity (Wildman–Crippen MR) is 113 cm³/mol. The van der Waals surface area contributed by atoms with Gasteiger partial charge in [0.15, 0.2) is 0 Å². The molecule has 4 aromatic rings. The summed E-state index contributed by atoms with van der Waals surface area (Å²) < 4.78 is 0. The van der Waals surface area contributed by atoms with E-state index in [1.807, 2.05) is 6.07 Å². The van der Waals surface area contributed by atoms with E-state index in [2.05, 4.69) is 61.3 Å². The van der Waals surface area contributed by atoms with E-state index >= 15 is 0 Å². The van der Waals surface area contributed by atoms with Crippen LogP contribution in [-0.2, 0) is 0 Å². The maximum absolute atomic E-state index is 4.74. The highest BCUT2D eigenvalue weighted by Gasteiger charge is 2.23. The first-order valence-electron chi connectivity index (χ1n) is 9.97. The molecule has 134 valence electrons. The van der Waals surface area contributed by atoms with Gasteiger partial charge in [-0.1, -0.05) is 55.3 Å². The average Bonchev–Trinajstić information content (AvgIpc) is 3.22. The van der Waals surface area contributed by atoms with Crippen molar-refractivity contribution >= 4 is 21.7 Å². The summed E-state index contributed by atoms with van der Waals surface area (Å²) in [7, 11) is 0. The number of fused-ring (bicyclic) bond motifs is 3. The van der Waals surface area contributed by atoms with Crippen LogP contribution >= 0.6 is 0 Å². The van der Waals surface area contributed by atoms with Crippen LogP contribution in [0.15, 0.2) is 54.9 Å². The number of rotatable bonds is 2. The lowest BCUT2D eigenvalue weighted by Crippen LogP contribution is -2.01. The Morgan fingerprint density at radius 1 is 0.889 bits per heavy atom. The normalized spacial score (nSPS) is 15.0. The second-order valence-corrected chi connectivity index (χ2v) is 7.86. The van der Waals surface area contributed by atoms with Gasteiger partial charge in [0.25, 0.3) is 0 Å². The Kier molecular flexibility index (Phi) is 3.93. The van der Waals surface area contributed by atoms with Crippen molar-refractivity contribution in [1.82, 2.24) is 9.97 Å². The molecule has 0 amide bonds. The van der Waals surface area contributed by atoms with Crippen molar-refractivity contribution in [1.29, 1.82) is 0 Å². The molecular weight excluding hydrogens is 328 g/mol. The molecular formula is C25H24N2. The van der Waals surface area contributed by atoms with Gasteiger partial charge in [-0.15, -0.1) is 0 Å². The Labute approximate surface area is 160 Å². The van der Waals surface area contributed by atoms with E-state index < -0.39 is 0 Å². The van der Waals surface area contributed by atoms with Crippen molar-refractivity contribution < 1.29 is 0 Å². The van der Waals surface area contributed by atoms with Gasteiger partial charge in [-0.2, -0.15) is 0 Å². The van der Waals surface area contributed by atoms with Crippen LogP contribution in [0.1, 0.15) is 48.3 Å². The summed E-state index contributed by atoms with van der Waals surface area (Å²) in [5.41, 5.74) is 7.66. The molecule has 0 atom stereocenters. The molecule has 0 radical (unpaired) electrons. The Hall–Kier alpha value is -2.74. The first kappa shape index (κ1) is 16.4. The SMILES string of the molecule is Cc1cc2ccc3c(-c4ccccc4)ncnc3c2c(C)c1C1CCCC1. The van der Waals surface area contributed by atoms with Crippen LogP contribution in [0, 0.1) is 13.8 Å². The molecule has 1 fully saturated rings. The summed E-state index contributed by atoms with van der Waals surface area (Å²) in [4.78, 5) is 9.36. The van der Waals surface area contributed by atoms with Gasteiger partial charge < -0.3 is 0 Å². The topological polar surface area (TPSA) is 25.8 Å². The van der Waals surface area contributed by atoms with Crippen molar-refractivity contribution in [2.24, 2.45) is 0 Å². The molecule has 5 rings (SSSR count). The van der Waals surface area contributed by atoms with Crippen LogP contribution in [-0.4, -0.2) is 9.97 Å². The Morgan fingerprint density at radius 3 is 2.44 bits per heavy atom. The highest BCUT2D eigenvalue weighted by molar-refractivity contribution is 6.11.